The number of urea groups is 1. The number of hydrogen-bond acceptors (Lipinski definition) is 4. The Bertz CT molecular complexity index is 627. The van der Waals surface area contributed by atoms with Crippen LogP contribution in [0.5, 0.6) is 0 Å². The Labute approximate surface area is 125 Å². The van der Waals surface area contributed by atoms with E-state index in [2.05, 4.69) is 36.7 Å². The number of anilines is 1. The SMILES string of the molecule is Cc1noc([C@@H](C)NC(=O)Nc2ccc(Br)c(C)c2)n1. The minimum atomic E-state index is -0.354. The summed E-state index contributed by atoms with van der Waals surface area (Å²) < 4.78 is 6.00. The number of carbonyl (C=O) groups excluding carboxylic acids is 1. The number of aromatic nitrogens is 2. The Hall–Kier alpha value is -1.89. The minimum Gasteiger partial charge on any atom is -0.337 e. The zero-order chi connectivity index (χ0) is 14.7. The second-order valence-corrected chi connectivity index (χ2v) is 5.32. The van der Waals surface area contributed by atoms with Crippen molar-refractivity contribution in [3.8, 4) is 0 Å². The van der Waals surface area contributed by atoms with E-state index in [1.54, 1.807) is 13.8 Å². The first-order valence-electron chi connectivity index (χ1n) is 6.09. The molecule has 2 amide bonds. The molecule has 2 aromatic rings. The molecule has 0 fully saturated rings. The van der Waals surface area contributed by atoms with Crippen LogP contribution < -0.4 is 10.6 Å². The highest BCUT2D eigenvalue weighted by Gasteiger charge is 2.15. The Balaban J connectivity index is 1.96. The van der Waals surface area contributed by atoms with Crippen LogP contribution in [0.1, 0.15) is 30.2 Å². The summed E-state index contributed by atoms with van der Waals surface area (Å²) in [5.74, 6) is 0.919. The van der Waals surface area contributed by atoms with Gasteiger partial charge < -0.3 is 15.2 Å². The van der Waals surface area contributed by atoms with E-state index >= 15 is 0 Å². The summed E-state index contributed by atoms with van der Waals surface area (Å²) in [5, 5.41) is 9.18. The van der Waals surface area contributed by atoms with Crippen LogP contribution in [0, 0.1) is 13.8 Å². The van der Waals surface area contributed by atoms with Crippen molar-refractivity contribution in [1.29, 1.82) is 0 Å². The first kappa shape index (κ1) is 14.5. The van der Waals surface area contributed by atoms with Crippen molar-refractivity contribution in [2.75, 3.05) is 5.32 Å². The van der Waals surface area contributed by atoms with E-state index in [0.717, 1.165) is 15.7 Å². The first-order chi connectivity index (χ1) is 9.45. The number of hydrogen-bond donors (Lipinski definition) is 2. The Morgan fingerprint density at radius 3 is 2.75 bits per heavy atom. The molecule has 7 heteroatoms. The highest BCUT2D eigenvalue weighted by molar-refractivity contribution is 9.10. The van der Waals surface area contributed by atoms with Gasteiger partial charge in [-0.25, -0.2) is 4.79 Å². The molecule has 20 heavy (non-hydrogen) atoms. The van der Waals surface area contributed by atoms with E-state index in [1.165, 1.54) is 0 Å². The summed E-state index contributed by atoms with van der Waals surface area (Å²) in [6, 6.07) is 4.90. The third-order valence-electron chi connectivity index (χ3n) is 2.68. The smallest absolute Gasteiger partial charge is 0.319 e. The average Bonchev–Trinajstić information content (AvgIpc) is 2.80. The predicted molar refractivity (Wildman–Crippen MR) is 78.5 cm³/mol. The third kappa shape index (κ3) is 3.57. The predicted octanol–water partition coefficient (Wildman–Crippen LogP) is 3.33. The second kappa shape index (κ2) is 6.04. The van der Waals surface area contributed by atoms with Gasteiger partial charge in [-0.3, -0.25) is 0 Å². The number of rotatable bonds is 3. The van der Waals surface area contributed by atoms with Crippen LogP contribution >= 0.6 is 15.9 Å². The summed E-state index contributed by atoms with van der Waals surface area (Å²) in [7, 11) is 0. The van der Waals surface area contributed by atoms with Gasteiger partial charge in [-0.05, 0) is 44.5 Å². The molecule has 1 aromatic heterocycles. The summed E-state index contributed by atoms with van der Waals surface area (Å²) >= 11 is 3.41. The number of aryl methyl sites for hydroxylation is 2. The molecule has 0 aliphatic carbocycles. The van der Waals surface area contributed by atoms with Gasteiger partial charge >= 0.3 is 6.03 Å². The maximum atomic E-state index is 11.9. The molecule has 0 unspecified atom stereocenters. The molecule has 0 saturated carbocycles. The maximum Gasteiger partial charge on any atom is 0.319 e. The van der Waals surface area contributed by atoms with Crippen LogP contribution in [0.25, 0.3) is 0 Å². The average molecular weight is 339 g/mol. The molecule has 0 radical (unpaired) electrons. The lowest BCUT2D eigenvalue weighted by molar-refractivity contribution is 0.245. The summed E-state index contributed by atoms with van der Waals surface area (Å²) in [6.07, 6.45) is 0. The number of nitrogens with zero attached hydrogens (tertiary/aromatic N) is 2. The van der Waals surface area contributed by atoms with Crippen molar-refractivity contribution < 1.29 is 9.32 Å². The third-order valence-corrected chi connectivity index (χ3v) is 3.57. The summed E-state index contributed by atoms with van der Waals surface area (Å²) in [6.45, 7) is 5.46. The molecule has 0 spiro atoms. The van der Waals surface area contributed by atoms with Gasteiger partial charge in [-0.1, -0.05) is 21.1 Å². The highest BCUT2D eigenvalue weighted by Crippen LogP contribution is 2.20. The molecule has 2 N–H and O–H groups in total. The van der Waals surface area contributed by atoms with Crippen molar-refractivity contribution >= 4 is 27.6 Å². The van der Waals surface area contributed by atoms with Gasteiger partial charge in [0, 0.05) is 10.2 Å². The van der Waals surface area contributed by atoms with E-state index in [9.17, 15) is 4.79 Å². The van der Waals surface area contributed by atoms with Gasteiger partial charge in [0.25, 0.3) is 0 Å². The van der Waals surface area contributed by atoms with Crippen LogP contribution in [0.15, 0.2) is 27.2 Å². The number of amides is 2. The largest absolute Gasteiger partial charge is 0.337 e. The molecule has 0 aliphatic heterocycles. The van der Waals surface area contributed by atoms with Crippen molar-refractivity contribution in [2.45, 2.75) is 26.8 Å². The Morgan fingerprint density at radius 1 is 1.40 bits per heavy atom. The lowest BCUT2D eigenvalue weighted by atomic mass is 10.2. The van der Waals surface area contributed by atoms with Gasteiger partial charge in [0.05, 0.1) is 0 Å². The summed E-state index contributed by atoms with van der Waals surface area (Å²) in [5.41, 5.74) is 1.76. The monoisotopic (exact) mass is 338 g/mol. The molecular formula is C13H15BrN4O2. The summed E-state index contributed by atoms with van der Waals surface area (Å²) in [4.78, 5) is 15.9. The molecule has 106 valence electrons. The van der Waals surface area contributed by atoms with Crippen LogP contribution in [-0.4, -0.2) is 16.2 Å². The maximum absolute atomic E-state index is 11.9. The quantitative estimate of drug-likeness (QED) is 0.899. The van der Waals surface area contributed by atoms with Gasteiger partial charge in [0.15, 0.2) is 5.82 Å². The van der Waals surface area contributed by atoms with Crippen molar-refractivity contribution in [2.24, 2.45) is 0 Å². The highest BCUT2D eigenvalue weighted by atomic mass is 79.9. The second-order valence-electron chi connectivity index (χ2n) is 4.46. The zero-order valence-corrected chi connectivity index (χ0v) is 13.0. The van der Waals surface area contributed by atoms with E-state index in [-0.39, 0.29) is 12.1 Å². The van der Waals surface area contributed by atoms with Crippen molar-refractivity contribution in [1.82, 2.24) is 15.5 Å². The van der Waals surface area contributed by atoms with Crippen LogP contribution in [0.3, 0.4) is 0 Å². The molecule has 6 nitrogen and oxygen atoms in total. The van der Waals surface area contributed by atoms with E-state index in [0.29, 0.717) is 11.7 Å². The van der Waals surface area contributed by atoms with Gasteiger partial charge in [-0.15, -0.1) is 0 Å². The molecule has 1 aromatic carbocycles. The van der Waals surface area contributed by atoms with Gasteiger partial charge in [0.1, 0.15) is 6.04 Å². The fourth-order valence-electron chi connectivity index (χ4n) is 1.64. The standard InChI is InChI=1S/C13H15BrN4O2/c1-7-6-10(4-5-11(7)14)17-13(19)15-8(2)12-16-9(3)18-20-12/h4-6,8H,1-3H3,(H2,15,17,19)/t8-/m1/s1. The van der Waals surface area contributed by atoms with Crippen LogP contribution in [0.2, 0.25) is 0 Å². The molecule has 1 atom stereocenters. The van der Waals surface area contributed by atoms with Gasteiger partial charge in [-0.2, -0.15) is 4.98 Å². The van der Waals surface area contributed by atoms with Crippen molar-refractivity contribution in [3.05, 3.63) is 40.0 Å². The number of benzene rings is 1. The Morgan fingerprint density at radius 2 is 2.15 bits per heavy atom. The van der Waals surface area contributed by atoms with Gasteiger partial charge in [0.2, 0.25) is 5.89 Å². The number of carbonyl (C=O) groups is 1. The molecule has 0 bridgehead atoms. The zero-order valence-electron chi connectivity index (χ0n) is 11.4. The minimum absolute atomic E-state index is 0.324. The topological polar surface area (TPSA) is 80.0 Å². The molecule has 2 rings (SSSR count). The van der Waals surface area contributed by atoms with E-state index < -0.39 is 0 Å². The molecule has 1 heterocycles. The number of nitrogens with one attached hydrogen (secondary N) is 2. The molecular weight excluding hydrogens is 324 g/mol. The van der Waals surface area contributed by atoms with Crippen molar-refractivity contribution in [3.63, 3.8) is 0 Å². The normalized spacial score (nSPS) is 12.0. The van der Waals surface area contributed by atoms with Crippen LogP contribution in [-0.2, 0) is 0 Å². The lowest BCUT2D eigenvalue weighted by Crippen LogP contribution is -2.31. The molecule has 0 aliphatic rings. The number of halogens is 1. The van der Waals surface area contributed by atoms with E-state index in [1.807, 2.05) is 25.1 Å². The Kier molecular flexibility index (Phi) is 4.39. The van der Waals surface area contributed by atoms with Crippen LogP contribution in [0.4, 0.5) is 10.5 Å². The van der Waals surface area contributed by atoms with E-state index in [4.69, 9.17) is 4.52 Å². The fraction of sp³-hybridized carbons (Fsp3) is 0.308. The first-order valence-corrected chi connectivity index (χ1v) is 6.89. The lowest BCUT2D eigenvalue weighted by Gasteiger charge is -2.11. The molecule has 0 saturated heterocycles. The fourth-order valence-corrected chi connectivity index (χ4v) is 1.88.